The SMILES string of the molecule is Cc1ccc(NC2=C(c3cccs3)C(=O)N(c3cccc(N(C)C)c3)C2=O)cc1. The molecule has 2 heterocycles. The molecule has 146 valence electrons. The number of imide groups is 1. The number of rotatable bonds is 5. The molecular weight excluding hydrogens is 382 g/mol. The van der Waals surface area contributed by atoms with Crippen molar-refractivity contribution in [1.29, 1.82) is 0 Å². The van der Waals surface area contributed by atoms with Crippen molar-refractivity contribution in [3.8, 4) is 0 Å². The smallest absolute Gasteiger partial charge is 0.282 e. The van der Waals surface area contributed by atoms with Gasteiger partial charge in [-0.2, -0.15) is 0 Å². The van der Waals surface area contributed by atoms with Gasteiger partial charge in [-0.1, -0.05) is 29.8 Å². The van der Waals surface area contributed by atoms with E-state index in [2.05, 4.69) is 5.32 Å². The van der Waals surface area contributed by atoms with Crippen LogP contribution in [-0.4, -0.2) is 25.9 Å². The van der Waals surface area contributed by atoms with Crippen LogP contribution < -0.4 is 15.1 Å². The van der Waals surface area contributed by atoms with Gasteiger partial charge in [-0.25, -0.2) is 4.90 Å². The number of anilines is 3. The van der Waals surface area contributed by atoms with E-state index in [1.807, 2.05) is 85.9 Å². The molecule has 1 aromatic heterocycles. The Hall–Kier alpha value is -3.38. The summed E-state index contributed by atoms with van der Waals surface area (Å²) in [5, 5.41) is 5.09. The van der Waals surface area contributed by atoms with Gasteiger partial charge in [0.25, 0.3) is 11.8 Å². The molecule has 29 heavy (non-hydrogen) atoms. The van der Waals surface area contributed by atoms with Gasteiger partial charge in [-0.05, 0) is 48.7 Å². The Morgan fingerprint density at radius 1 is 0.931 bits per heavy atom. The van der Waals surface area contributed by atoms with Crippen molar-refractivity contribution in [1.82, 2.24) is 0 Å². The van der Waals surface area contributed by atoms with E-state index < -0.39 is 0 Å². The van der Waals surface area contributed by atoms with Gasteiger partial charge in [0.05, 0.1) is 11.3 Å². The van der Waals surface area contributed by atoms with Crippen molar-refractivity contribution in [2.45, 2.75) is 6.92 Å². The Bertz CT molecular complexity index is 1100. The average Bonchev–Trinajstić information content (AvgIpc) is 3.31. The van der Waals surface area contributed by atoms with Crippen molar-refractivity contribution >= 4 is 45.8 Å². The second-order valence-electron chi connectivity index (χ2n) is 7.08. The summed E-state index contributed by atoms with van der Waals surface area (Å²) in [5.41, 5.74) is 4.07. The Labute approximate surface area is 173 Å². The molecule has 0 atom stereocenters. The van der Waals surface area contributed by atoms with Crippen LogP contribution in [0.2, 0.25) is 0 Å². The first-order valence-electron chi connectivity index (χ1n) is 9.24. The largest absolute Gasteiger partial charge is 0.378 e. The molecule has 2 amide bonds. The number of thiophene rings is 1. The zero-order valence-corrected chi connectivity index (χ0v) is 17.3. The van der Waals surface area contributed by atoms with E-state index in [0.29, 0.717) is 17.0 Å². The van der Waals surface area contributed by atoms with E-state index in [1.54, 1.807) is 6.07 Å². The molecule has 0 saturated heterocycles. The summed E-state index contributed by atoms with van der Waals surface area (Å²) in [6, 6.07) is 18.9. The normalized spacial score (nSPS) is 14.0. The minimum absolute atomic E-state index is 0.302. The maximum Gasteiger partial charge on any atom is 0.282 e. The number of hydrogen-bond donors (Lipinski definition) is 1. The van der Waals surface area contributed by atoms with E-state index in [4.69, 9.17) is 0 Å². The van der Waals surface area contributed by atoms with Gasteiger partial charge in [-0.15, -0.1) is 11.3 Å². The highest BCUT2D eigenvalue weighted by molar-refractivity contribution is 7.11. The standard InChI is InChI=1S/C23H21N3O2S/c1-15-9-11-16(12-10-15)24-21-20(19-8-5-13-29-19)22(27)26(23(21)28)18-7-4-6-17(14-18)25(2)3/h4-14,24H,1-3H3. The van der Waals surface area contributed by atoms with E-state index in [9.17, 15) is 9.59 Å². The average molecular weight is 404 g/mol. The summed E-state index contributed by atoms with van der Waals surface area (Å²) < 4.78 is 0. The third-order valence-electron chi connectivity index (χ3n) is 4.78. The van der Waals surface area contributed by atoms with Crippen molar-refractivity contribution in [3.05, 3.63) is 82.2 Å². The third kappa shape index (κ3) is 3.54. The molecule has 1 N–H and O–H groups in total. The fraction of sp³-hybridized carbons (Fsp3) is 0.130. The number of nitrogens with zero attached hydrogens (tertiary/aromatic N) is 2. The molecule has 2 aromatic carbocycles. The van der Waals surface area contributed by atoms with Crippen LogP contribution in [0.4, 0.5) is 17.1 Å². The summed E-state index contributed by atoms with van der Waals surface area (Å²) in [6.45, 7) is 2.00. The van der Waals surface area contributed by atoms with Crippen molar-refractivity contribution in [3.63, 3.8) is 0 Å². The van der Waals surface area contributed by atoms with Crippen LogP contribution in [0, 0.1) is 6.92 Å². The van der Waals surface area contributed by atoms with Crippen LogP contribution in [0.25, 0.3) is 5.57 Å². The zero-order valence-electron chi connectivity index (χ0n) is 16.5. The minimum Gasteiger partial charge on any atom is -0.378 e. The van der Waals surface area contributed by atoms with Gasteiger partial charge in [0, 0.05) is 30.3 Å². The number of carbonyl (C=O) groups is 2. The van der Waals surface area contributed by atoms with Gasteiger partial charge in [-0.3, -0.25) is 9.59 Å². The number of hydrogen-bond acceptors (Lipinski definition) is 5. The van der Waals surface area contributed by atoms with E-state index in [1.165, 1.54) is 16.2 Å². The summed E-state index contributed by atoms with van der Waals surface area (Å²) in [7, 11) is 3.85. The number of carbonyl (C=O) groups excluding carboxylic acids is 2. The van der Waals surface area contributed by atoms with Crippen LogP contribution in [-0.2, 0) is 9.59 Å². The number of benzene rings is 2. The molecular formula is C23H21N3O2S. The maximum absolute atomic E-state index is 13.4. The second kappa shape index (κ2) is 7.56. The molecule has 0 unspecified atom stereocenters. The highest BCUT2D eigenvalue weighted by Crippen LogP contribution is 2.36. The lowest BCUT2D eigenvalue weighted by Gasteiger charge is -2.19. The lowest BCUT2D eigenvalue weighted by atomic mass is 10.1. The number of nitrogens with one attached hydrogen (secondary N) is 1. The molecule has 4 rings (SSSR count). The van der Waals surface area contributed by atoms with Gasteiger partial charge in [0.2, 0.25) is 0 Å². The molecule has 5 nitrogen and oxygen atoms in total. The number of amides is 2. The van der Waals surface area contributed by atoms with E-state index in [0.717, 1.165) is 21.8 Å². The molecule has 1 aliphatic heterocycles. The van der Waals surface area contributed by atoms with Crippen LogP contribution in [0.15, 0.2) is 71.7 Å². The lowest BCUT2D eigenvalue weighted by molar-refractivity contribution is -0.120. The Balaban J connectivity index is 1.78. The molecule has 3 aromatic rings. The summed E-state index contributed by atoms with van der Waals surface area (Å²) in [6.07, 6.45) is 0. The molecule has 0 saturated carbocycles. The van der Waals surface area contributed by atoms with Crippen molar-refractivity contribution in [2.24, 2.45) is 0 Å². The fourth-order valence-corrected chi connectivity index (χ4v) is 3.99. The third-order valence-corrected chi connectivity index (χ3v) is 5.66. The quantitative estimate of drug-likeness (QED) is 0.637. The van der Waals surface area contributed by atoms with Crippen LogP contribution in [0.5, 0.6) is 0 Å². The molecule has 6 heteroatoms. The number of aryl methyl sites for hydroxylation is 1. The predicted molar refractivity (Wildman–Crippen MR) is 119 cm³/mol. The van der Waals surface area contributed by atoms with Crippen LogP contribution in [0.3, 0.4) is 0 Å². The highest BCUT2D eigenvalue weighted by atomic mass is 32.1. The van der Waals surface area contributed by atoms with Crippen LogP contribution in [0.1, 0.15) is 10.4 Å². The van der Waals surface area contributed by atoms with Crippen molar-refractivity contribution < 1.29 is 9.59 Å². The molecule has 0 bridgehead atoms. The first-order chi connectivity index (χ1) is 14.0. The predicted octanol–water partition coefficient (Wildman–Crippen LogP) is 4.52. The first-order valence-corrected chi connectivity index (χ1v) is 10.1. The monoisotopic (exact) mass is 403 g/mol. The Morgan fingerprint density at radius 3 is 2.34 bits per heavy atom. The summed E-state index contributed by atoms with van der Waals surface area (Å²) in [5.74, 6) is -0.669. The van der Waals surface area contributed by atoms with Crippen molar-refractivity contribution in [2.75, 3.05) is 29.2 Å². The fourth-order valence-electron chi connectivity index (χ4n) is 3.22. The van der Waals surface area contributed by atoms with Crippen LogP contribution >= 0.6 is 11.3 Å². The maximum atomic E-state index is 13.4. The Kier molecular flexibility index (Phi) is 4.94. The highest BCUT2D eigenvalue weighted by Gasteiger charge is 2.40. The minimum atomic E-state index is -0.352. The van der Waals surface area contributed by atoms with E-state index in [-0.39, 0.29) is 11.8 Å². The molecule has 0 fully saturated rings. The second-order valence-corrected chi connectivity index (χ2v) is 8.03. The summed E-state index contributed by atoms with van der Waals surface area (Å²) >= 11 is 1.44. The van der Waals surface area contributed by atoms with E-state index >= 15 is 0 Å². The van der Waals surface area contributed by atoms with Gasteiger partial charge in [0.1, 0.15) is 5.70 Å². The zero-order chi connectivity index (χ0) is 20.5. The Morgan fingerprint density at radius 2 is 1.69 bits per heavy atom. The molecule has 0 spiro atoms. The van der Waals surface area contributed by atoms with Gasteiger partial charge >= 0.3 is 0 Å². The van der Waals surface area contributed by atoms with Gasteiger partial charge in [0.15, 0.2) is 0 Å². The lowest BCUT2D eigenvalue weighted by Crippen LogP contribution is -2.32. The molecule has 0 aliphatic carbocycles. The summed E-state index contributed by atoms with van der Waals surface area (Å²) in [4.78, 5) is 30.7. The molecule has 1 aliphatic rings. The van der Waals surface area contributed by atoms with Gasteiger partial charge < -0.3 is 10.2 Å². The first kappa shape index (κ1) is 19.0. The topological polar surface area (TPSA) is 52.7 Å². The molecule has 0 radical (unpaired) electrons.